The van der Waals surface area contributed by atoms with Crippen molar-refractivity contribution in [3.8, 4) is 0 Å². The van der Waals surface area contributed by atoms with Crippen molar-refractivity contribution in [2.75, 3.05) is 26.2 Å². The number of H-pyrrole nitrogens is 2. The summed E-state index contributed by atoms with van der Waals surface area (Å²) in [5.74, 6) is 0. The molecule has 1 aliphatic heterocycles. The summed E-state index contributed by atoms with van der Waals surface area (Å²) in [6.07, 6.45) is -0.288. The van der Waals surface area contributed by atoms with E-state index in [1.165, 1.54) is 16.4 Å². The highest BCUT2D eigenvalue weighted by atomic mass is 32.2. The fourth-order valence-electron chi connectivity index (χ4n) is 2.37. The zero-order chi connectivity index (χ0) is 15.0. The third-order valence-electron chi connectivity index (χ3n) is 3.49. The molecule has 1 aliphatic rings. The number of benzene rings is 1. The number of nitrogens with two attached hydrogens (primary N) is 1. The van der Waals surface area contributed by atoms with Crippen molar-refractivity contribution in [3.63, 3.8) is 0 Å². The largest absolute Gasteiger partial charge is 0.374 e. The van der Waals surface area contributed by atoms with Gasteiger partial charge in [0.1, 0.15) is 0 Å². The summed E-state index contributed by atoms with van der Waals surface area (Å²) in [7, 11) is -3.63. The van der Waals surface area contributed by atoms with Crippen molar-refractivity contribution in [2.24, 2.45) is 5.73 Å². The lowest BCUT2D eigenvalue weighted by molar-refractivity contribution is 0.00451. The van der Waals surface area contributed by atoms with Crippen LogP contribution in [0.15, 0.2) is 27.9 Å². The summed E-state index contributed by atoms with van der Waals surface area (Å²) in [5, 5.41) is 0. The van der Waals surface area contributed by atoms with E-state index in [1.54, 1.807) is 6.07 Å². The molecular formula is C12H16N4O4S. The molecule has 0 bridgehead atoms. The highest BCUT2D eigenvalue weighted by Gasteiger charge is 2.30. The van der Waals surface area contributed by atoms with Crippen LogP contribution in [0.5, 0.6) is 0 Å². The molecule has 1 unspecified atom stereocenters. The minimum atomic E-state index is -3.63. The number of nitrogens with zero attached hydrogens (tertiary/aromatic N) is 1. The van der Waals surface area contributed by atoms with Crippen LogP contribution in [-0.4, -0.2) is 55.0 Å². The van der Waals surface area contributed by atoms with Crippen molar-refractivity contribution < 1.29 is 13.2 Å². The summed E-state index contributed by atoms with van der Waals surface area (Å²) in [6.45, 7) is 1.13. The molecule has 1 atom stereocenters. The van der Waals surface area contributed by atoms with Crippen molar-refractivity contribution in [3.05, 3.63) is 28.7 Å². The lowest BCUT2D eigenvalue weighted by Gasteiger charge is -2.31. The lowest BCUT2D eigenvalue weighted by Crippen LogP contribution is -2.48. The van der Waals surface area contributed by atoms with Crippen LogP contribution in [0.2, 0.25) is 0 Å². The Labute approximate surface area is 120 Å². The standard InChI is InChI=1S/C12H16N4O4S/c13-6-8-7-16(3-4-20-8)21(18,19)9-1-2-10-11(5-9)15-12(17)14-10/h1-2,5,8H,3-4,6-7,13H2,(H2,14,15,17). The van der Waals surface area contributed by atoms with Gasteiger partial charge in [0.05, 0.1) is 28.6 Å². The molecular weight excluding hydrogens is 296 g/mol. The van der Waals surface area contributed by atoms with Crippen LogP contribution in [-0.2, 0) is 14.8 Å². The van der Waals surface area contributed by atoms with Crippen molar-refractivity contribution in [2.45, 2.75) is 11.0 Å². The van der Waals surface area contributed by atoms with Crippen LogP contribution in [0, 0.1) is 0 Å². The molecule has 2 heterocycles. The van der Waals surface area contributed by atoms with Gasteiger partial charge < -0.3 is 20.4 Å². The van der Waals surface area contributed by atoms with Gasteiger partial charge in [-0.25, -0.2) is 13.2 Å². The smallest absolute Gasteiger partial charge is 0.323 e. The Balaban J connectivity index is 1.97. The number of aromatic nitrogens is 2. The highest BCUT2D eigenvalue weighted by molar-refractivity contribution is 7.89. The maximum Gasteiger partial charge on any atom is 0.323 e. The van der Waals surface area contributed by atoms with Crippen LogP contribution in [0.4, 0.5) is 0 Å². The van der Waals surface area contributed by atoms with E-state index in [9.17, 15) is 13.2 Å². The maximum atomic E-state index is 12.6. The van der Waals surface area contributed by atoms with Gasteiger partial charge in [0.25, 0.3) is 0 Å². The number of fused-ring (bicyclic) bond motifs is 1. The number of sulfonamides is 1. The molecule has 0 aliphatic carbocycles. The Bertz CT molecular complexity index is 810. The van der Waals surface area contributed by atoms with Crippen LogP contribution in [0.1, 0.15) is 0 Å². The van der Waals surface area contributed by atoms with Crippen molar-refractivity contribution >= 4 is 21.1 Å². The van der Waals surface area contributed by atoms with E-state index >= 15 is 0 Å². The number of ether oxygens (including phenoxy) is 1. The number of morpholine rings is 1. The van der Waals surface area contributed by atoms with Gasteiger partial charge in [-0.2, -0.15) is 4.31 Å². The number of imidazole rings is 1. The fraction of sp³-hybridized carbons (Fsp3) is 0.417. The maximum absolute atomic E-state index is 12.6. The van der Waals surface area contributed by atoms with E-state index < -0.39 is 10.0 Å². The molecule has 9 heteroatoms. The van der Waals surface area contributed by atoms with E-state index in [1.807, 2.05) is 0 Å². The molecule has 21 heavy (non-hydrogen) atoms. The third kappa shape index (κ3) is 2.60. The Kier molecular flexibility index (Phi) is 3.57. The molecule has 1 fully saturated rings. The minimum absolute atomic E-state index is 0.142. The van der Waals surface area contributed by atoms with E-state index in [2.05, 4.69) is 9.97 Å². The van der Waals surface area contributed by atoms with Crippen molar-refractivity contribution in [1.82, 2.24) is 14.3 Å². The molecule has 0 spiro atoms. The topological polar surface area (TPSA) is 121 Å². The molecule has 1 saturated heterocycles. The SMILES string of the molecule is NCC1CN(S(=O)(=O)c2ccc3[nH]c(=O)[nH]c3c2)CCO1. The van der Waals surface area contributed by atoms with Gasteiger partial charge in [-0.15, -0.1) is 0 Å². The van der Waals surface area contributed by atoms with Crippen LogP contribution < -0.4 is 11.4 Å². The molecule has 114 valence electrons. The number of hydrogen-bond donors (Lipinski definition) is 3. The summed E-state index contributed by atoms with van der Waals surface area (Å²) >= 11 is 0. The Hall–Kier alpha value is -1.68. The molecule has 2 aromatic rings. The summed E-state index contributed by atoms with van der Waals surface area (Å²) in [6, 6.07) is 4.50. The van der Waals surface area contributed by atoms with Gasteiger partial charge in [0.15, 0.2) is 0 Å². The second-order valence-corrected chi connectivity index (χ2v) is 6.82. The number of nitrogens with one attached hydrogen (secondary N) is 2. The van der Waals surface area contributed by atoms with Crippen LogP contribution >= 0.6 is 0 Å². The second-order valence-electron chi connectivity index (χ2n) is 4.88. The van der Waals surface area contributed by atoms with Crippen LogP contribution in [0.25, 0.3) is 11.0 Å². The van der Waals surface area contributed by atoms with Gasteiger partial charge in [-0.1, -0.05) is 0 Å². The predicted molar refractivity (Wildman–Crippen MR) is 76.5 cm³/mol. The Morgan fingerprint density at radius 2 is 2.10 bits per heavy atom. The van der Waals surface area contributed by atoms with Gasteiger partial charge in [-0.3, -0.25) is 0 Å². The molecule has 0 saturated carbocycles. The zero-order valence-corrected chi connectivity index (χ0v) is 12.0. The summed E-state index contributed by atoms with van der Waals surface area (Å²) in [5.41, 5.74) is 6.20. The normalized spacial score (nSPS) is 20.9. The molecule has 3 rings (SSSR count). The third-order valence-corrected chi connectivity index (χ3v) is 5.35. The summed E-state index contributed by atoms with van der Waals surface area (Å²) in [4.78, 5) is 16.5. The molecule has 1 aromatic heterocycles. The number of hydrogen-bond acceptors (Lipinski definition) is 5. The van der Waals surface area contributed by atoms with Gasteiger partial charge >= 0.3 is 5.69 Å². The molecule has 0 amide bonds. The van der Waals surface area contributed by atoms with E-state index in [0.29, 0.717) is 24.2 Å². The number of rotatable bonds is 3. The second kappa shape index (κ2) is 5.26. The first kappa shape index (κ1) is 14.3. The molecule has 4 N–H and O–H groups in total. The Morgan fingerprint density at radius 1 is 1.33 bits per heavy atom. The first-order valence-electron chi connectivity index (χ1n) is 6.54. The van der Waals surface area contributed by atoms with E-state index in [-0.39, 0.29) is 29.8 Å². The lowest BCUT2D eigenvalue weighted by atomic mass is 10.3. The first-order chi connectivity index (χ1) is 10.0. The van der Waals surface area contributed by atoms with Gasteiger partial charge in [0, 0.05) is 19.6 Å². The monoisotopic (exact) mass is 312 g/mol. The fourth-order valence-corrected chi connectivity index (χ4v) is 3.86. The van der Waals surface area contributed by atoms with E-state index in [4.69, 9.17) is 10.5 Å². The highest BCUT2D eigenvalue weighted by Crippen LogP contribution is 2.21. The first-order valence-corrected chi connectivity index (χ1v) is 7.98. The molecule has 8 nitrogen and oxygen atoms in total. The molecule has 0 radical (unpaired) electrons. The average molecular weight is 312 g/mol. The van der Waals surface area contributed by atoms with Gasteiger partial charge in [-0.05, 0) is 18.2 Å². The van der Waals surface area contributed by atoms with Gasteiger partial charge in [0.2, 0.25) is 10.0 Å². The van der Waals surface area contributed by atoms with Crippen molar-refractivity contribution in [1.29, 1.82) is 0 Å². The quantitative estimate of drug-likeness (QED) is 0.685. The minimum Gasteiger partial charge on any atom is -0.374 e. The van der Waals surface area contributed by atoms with Crippen LogP contribution in [0.3, 0.4) is 0 Å². The zero-order valence-electron chi connectivity index (χ0n) is 11.2. The Morgan fingerprint density at radius 3 is 2.86 bits per heavy atom. The summed E-state index contributed by atoms with van der Waals surface area (Å²) < 4.78 is 32.0. The number of aromatic amines is 2. The van der Waals surface area contributed by atoms with E-state index in [0.717, 1.165) is 0 Å². The molecule has 1 aromatic carbocycles. The average Bonchev–Trinajstić information content (AvgIpc) is 2.86. The predicted octanol–water partition coefficient (Wildman–Crippen LogP) is -0.796.